The number of rotatable bonds is 14. The quantitative estimate of drug-likeness (QED) is 0.272. The molecule has 0 amide bonds. The van der Waals surface area contributed by atoms with Crippen molar-refractivity contribution in [1.29, 1.82) is 0 Å². The van der Waals surface area contributed by atoms with Crippen molar-refractivity contribution in [3.63, 3.8) is 0 Å². The average molecular weight is 655 g/mol. The van der Waals surface area contributed by atoms with Crippen LogP contribution in [0.25, 0.3) is 0 Å². The summed E-state index contributed by atoms with van der Waals surface area (Å²) in [6.45, 7) is 12.3. The fraction of sp³-hybridized carbons (Fsp3) is 0.622. The summed E-state index contributed by atoms with van der Waals surface area (Å²) >= 11 is 0. The number of carbonyl (C=O) groups is 2. The van der Waals surface area contributed by atoms with Gasteiger partial charge in [-0.25, -0.2) is 0 Å². The Bertz CT molecular complexity index is 1190. The molecule has 10 heteroatoms. The van der Waals surface area contributed by atoms with Gasteiger partial charge in [0.05, 0.1) is 40.3 Å². The van der Waals surface area contributed by atoms with E-state index in [0.29, 0.717) is 38.1 Å². The van der Waals surface area contributed by atoms with Gasteiger partial charge < -0.3 is 30.0 Å². The molecule has 10 nitrogen and oxygen atoms in total. The van der Waals surface area contributed by atoms with E-state index in [2.05, 4.69) is 53.2 Å². The Morgan fingerprint density at radius 1 is 0.745 bits per heavy atom. The first-order valence-electron chi connectivity index (χ1n) is 17.2. The molecular formula is C37H58N4O6. The number of hydrogen-bond donors (Lipinski definition) is 2. The van der Waals surface area contributed by atoms with Gasteiger partial charge in [-0.3, -0.25) is 19.4 Å². The van der Waals surface area contributed by atoms with Crippen LogP contribution < -0.4 is 20.5 Å². The number of methoxy groups -OCH3 is 2. The molecule has 0 saturated carbocycles. The summed E-state index contributed by atoms with van der Waals surface area (Å²) in [5, 5.41) is 3.64. The van der Waals surface area contributed by atoms with Crippen molar-refractivity contribution in [1.82, 2.24) is 15.1 Å². The minimum absolute atomic E-state index is 0.0949. The van der Waals surface area contributed by atoms with E-state index >= 15 is 0 Å². The number of likely N-dealkylation sites (tertiary alicyclic amines) is 2. The van der Waals surface area contributed by atoms with Crippen molar-refractivity contribution >= 4 is 11.9 Å². The molecule has 47 heavy (non-hydrogen) atoms. The first-order chi connectivity index (χ1) is 22.6. The van der Waals surface area contributed by atoms with E-state index in [4.69, 9.17) is 24.7 Å². The monoisotopic (exact) mass is 654 g/mol. The normalized spacial score (nSPS) is 21.8. The molecule has 2 aliphatic rings. The van der Waals surface area contributed by atoms with Gasteiger partial charge in [0.1, 0.15) is 11.5 Å². The van der Waals surface area contributed by atoms with Crippen LogP contribution in [-0.4, -0.2) is 92.5 Å². The lowest BCUT2D eigenvalue weighted by Crippen LogP contribution is -2.52. The molecule has 3 N–H and O–H groups in total. The Morgan fingerprint density at radius 2 is 1.19 bits per heavy atom. The number of esters is 2. The Hall–Kier alpha value is -3.18. The Morgan fingerprint density at radius 3 is 1.62 bits per heavy atom. The molecule has 0 spiro atoms. The third-order valence-electron chi connectivity index (χ3n) is 8.75. The predicted octanol–water partition coefficient (Wildman–Crippen LogP) is 4.92. The summed E-state index contributed by atoms with van der Waals surface area (Å²) < 4.78 is 20.7. The molecule has 4 atom stereocenters. The van der Waals surface area contributed by atoms with E-state index in [1.54, 1.807) is 14.2 Å². The van der Waals surface area contributed by atoms with Crippen molar-refractivity contribution in [2.45, 2.75) is 110 Å². The molecule has 2 aliphatic heterocycles. The van der Waals surface area contributed by atoms with Crippen molar-refractivity contribution in [2.24, 2.45) is 5.73 Å². The standard InChI is InChI=1S/C20H32N2O3.C17H26N2O3/c1-5-25-20(23)12-18-9-8-17(21-15(2)3)14-22(18)13-16-6-10-19(24-4)11-7-16;1-3-22-17(20)10-15-7-6-14(18)12-19(15)11-13-4-8-16(21-2)9-5-13/h6-7,10-11,15,17-18,21H,5,8-9,12-14H2,1-4H3;4-5,8-9,14-15H,3,6-7,10-12,18H2,1-2H3/t17-,18-;14-,15-/m11/s1. The lowest BCUT2D eigenvalue weighted by atomic mass is 9.94. The lowest BCUT2D eigenvalue weighted by Gasteiger charge is -2.40. The van der Waals surface area contributed by atoms with Crippen LogP contribution in [0.1, 0.15) is 77.3 Å². The second kappa shape index (κ2) is 20.2. The zero-order chi connectivity index (χ0) is 34.2. The summed E-state index contributed by atoms with van der Waals surface area (Å²) in [5.41, 5.74) is 8.53. The first kappa shape index (κ1) is 38.3. The molecule has 2 aromatic rings. The van der Waals surface area contributed by atoms with Crippen LogP contribution in [0.2, 0.25) is 0 Å². The highest BCUT2D eigenvalue weighted by molar-refractivity contribution is 5.70. The number of nitrogens with zero attached hydrogens (tertiary/aromatic N) is 2. The number of nitrogens with one attached hydrogen (secondary N) is 1. The molecule has 0 unspecified atom stereocenters. The number of piperidine rings is 2. The van der Waals surface area contributed by atoms with Crippen molar-refractivity contribution in [3.8, 4) is 11.5 Å². The zero-order valence-corrected chi connectivity index (χ0v) is 29.4. The number of nitrogens with two attached hydrogens (primary N) is 1. The molecule has 2 aromatic carbocycles. The van der Waals surface area contributed by atoms with Gasteiger partial charge in [-0.2, -0.15) is 0 Å². The highest BCUT2D eigenvalue weighted by Gasteiger charge is 2.31. The van der Waals surface area contributed by atoms with E-state index in [9.17, 15) is 9.59 Å². The molecule has 0 bridgehead atoms. The summed E-state index contributed by atoms with van der Waals surface area (Å²) in [6, 6.07) is 17.8. The van der Waals surface area contributed by atoms with Crippen LogP contribution in [0, 0.1) is 0 Å². The molecule has 2 heterocycles. The summed E-state index contributed by atoms with van der Waals surface area (Å²) in [5.74, 6) is 1.50. The van der Waals surface area contributed by atoms with Gasteiger partial charge in [-0.05, 0) is 74.9 Å². The van der Waals surface area contributed by atoms with Gasteiger partial charge in [0.25, 0.3) is 0 Å². The van der Waals surface area contributed by atoms with Gasteiger partial charge in [0, 0.05) is 56.4 Å². The summed E-state index contributed by atoms with van der Waals surface area (Å²) in [6.07, 6.45) is 4.93. The van der Waals surface area contributed by atoms with Gasteiger partial charge in [-0.15, -0.1) is 0 Å². The van der Waals surface area contributed by atoms with E-state index in [1.165, 1.54) is 11.1 Å². The lowest BCUT2D eigenvalue weighted by molar-refractivity contribution is -0.146. The highest BCUT2D eigenvalue weighted by atomic mass is 16.5. The largest absolute Gasteiger partial charge is 0.497 e. The predicted molar refractivity (Wildman–Crippen MR) is 185 cm³/mol. The highest BCUT2D eigenvalue weighted by Crippen LogP contribution is 2.25. The summed E-state index contributed by atoms with van der Waals surface area (Å²) in [4.78, 5) is 28.5. The SMILES string of the molecule is CCOC(=O)C[C@H]1CC[C@@H](N)CN1Cc1ccc(OC)cc1.CCOC(=O)C[C@H]1CC[C@@H](NC(C)C)CN1Cc1ccc(OC)cc1. The van der Waals surface area contributed by atoms with Crippen LogP contribution in [-0.2, 0) is 32.2 Å². The Balaban J connectivity index is 0.000000257. The van der Waals surface area contributed by atoms with E-state index < -0.39 is 0 Å². The molecule has 4 rings (SSSR count). The number of hydrogen-bond acceptors (Lipinski definition) is 10. The fourth-order valence-electron chi connectivity index (χ4n) is 6.44. The Kier molecular flexibility index (Phi) is 16.5. The summed E-state index contributed by atoms with van der Waals surface area (Å²) in [7, 11) is 3.34. The second-order valence-corrected chi connectivity index (χ2v) is 12.8. The van der Waals surface area contributed by atoms with Crippen molar-refractivity contribution < 1.29 is 28.5 Å². The van der Waals surface area contributed by atoms with E-state index in [-0.39, 0.29) is 30.1 Å². The molecule has 0 radical (unpaired) electrons. The van der Waals surface area contributed by atoms with Crippen LogP contribution in [0.15, 0.2) is 48.5 Å². The van der Waals surface area contributed by atoms with Crippen molar-refractivity contribution in [2.75, 3.05) is 40.5 Å². The molecule has 0 aliphatic carbocycles. The number of benzene rings is 2. The number of ether oxygens (including phenoxy) is 4. The molecular weight excluding hydrogens is 596 g/mol. The van der Waals surface area contributed by atoms with Crippen LogP contribution in [0.4, 0.5) is 0 Å². The van der Waals surface area contributed by atoms with Crippen molar-refractivity contribution in [3.05, 3.63) is 59.7 Å². The minimum atomic E-state index is -0.122. The van der Waals surface area contributed by atoms with Gasteiger partial charge in [0.2, 0.25) is 0 Å². The topological polar surface area (TPSA) is 116 Å². The van der Waals surface area contributed by atoms with E-state index in [0.717, 1.165) is 63.4 Å². The fourth-order valence-corrected chi connectivity index (χ4v) is 6.44. The maximum absolute atomic E-state index is 12.0. The van der Waals surface area contributed by atoms with Crippen LogP contribution in [0.5, 0.6) is 11.5 Å². The third kappa shape index (κ3) is 13.5. The average Bonchev–Trinajstić information content (AvgIpc) is 3.04. The molecule has 262 valence electrons. The molecule has 2 fully saturated rings. The van der Waals surface area contributed by atoms with Gasteiger partial charge in [-0.1, -0.05) is 38.1 Å². The maximum atomic E-state index is 12.0. The smallest absolute Gasteiger partial charge is 0.307 e. The first-order valence-corrected chi connectivity index (χ1v) is 17.2. The number of carbonyl (C=O) groups excluding carboxylic acids is 2. The Labute approximate surface area is 282 Å². The molecule has 2 saturated heterocycles. The molecule has 0 aromatic heterocycles. The van der Waals surface area contributed by atoms with Crippen LogP contribution >= 0.6 is 0 Å². The van der Waals surface area contributed by atoms with Crippen LogP contribution in [0.3, 0.4) is 0 Å². The van der Waals surface area contributed by atoms with E-state index in [1.807, 2.05) is 38.1 Å². The minimum Gasteiger partial charge on any atom is -0.497 e. The third-order valence-corrected chi connectivity index (χ3v) is 8.75. The second-order valence-electron chi connectivity index (χ2n) is 12.8. The van der Waals surface area contributed by atoms with Gasteiger partial charge >= 0.3 is 11.9 Å². The zero-order valence-electron chi connectivity index (χ0n) is 29.4. The van der Waals surface area contributed by atoms with Gasteiger partial charge in [0.15, 0.2) is 0 Å². The maximum Gasteiger partial charge on any atom is 0.307 e.